The summed E-state index contributed by atoms with van der Waals surface area (Å²) in [5.74, 6) is 1.95. The molecule has 0 spiro atoms. The van der Waals surface area contributed by atoms with Gasteiger partial charge in [-0.1, -0.05) is 20.8 Å². The van der Waals surface area contributed by atoms with E-state index in [1.165, 1.54) is 25.1 Å². The highest BCUT2D eigenvalue weighted by Gasteiger charge is 2.13. The van der Waals surface area contributed by atoms with Crippen molar-refractivity contribution in [2.75, 3.05) is 6.54 Å². The fourth-order valence-electron chi connectivity index (χ4n) is 1.77. The van der Waals surface area contributed by atoms with Gasteiger partial charge in [0.2, 0.25) is 0 Å². The normalized spacial score (nSPS) is 19.8. The van der Waals surface area contributed by atoms with Gasteiger partial charge in [-0.15, -0.1) is 0 Å². The van der Waals surface area contributed by atoms with E-state index in [1.807, 2.05) is 0 Å². The minimum Gasteiger partial charge on any atom is -0.371 e. The average Bonchev–Trinajstić information content (AvgIpc) is 2.15. The van der Waals surface area contributed by atoms with Crippen LogP contribution in [0.1, 0.15) is 46.5 Å². The van der Waals surface area contributed by atoms with Gasteiger partial charge in [0.05, 0.1) is 5.84 Å². The lowest BCUT2D eigenvalue weighted by atomic mass is 10.0. The molecule has 1 N–H and O–H groups in total. The SMILES string of the molecule is CCC(NC1=NCCCC1)C(C)C. The molecule has 1 aliphatic heterocycles. The Kier molecular flexibility index (Phi) is 4.26. The summed E-state index contributed by atoms with van der Waals surface area (Å²) in [6, 6.07) is 0.608. The van der Waals surface area contributed by atoms with Crippen molar-refractivity contribution in [3.63, 3.8) is 0 Å². The predicted molar refractivity (Wildman–Crippen MR) is 58.2 cm³/mol. The molecule has 0 bridgehead atoms. The molecule has 1 atom stereocenters. The third-order valence-electron chi connectivity index (χ3n) is 2.72. The van der Waals surface area contributed by atoms with Crippen LogP contribution < -0.4 is 5.32 Å². The van der Waals surface area contributed by atoms with Crippen LogP contribution in [0.2, 0.25) is 0 Å². The molecule has 0 saturated carbocycles. The van der Waals surface area contributed by atoms with Gasteiger partial charge < -0.3 is 5.32 Å². The summed E-state index contributed by atoms with van der Waals surface area (Å²) in [6.07, 6.45) is 4.92. The molecule has 13 heavy (non-hydrogen) atoms. The third-order valence-corrected chi connectivity index (χ3v) is 2.72. The van der Waals surface area contributed by atoms with Gasteiger partial charge in [-0.2, -0.15) is 0 Å². The number of rotatable bonds is 3. The zero-order valence-corrected chi connectivity index (χ0v) is 9.14. The Bertz CT molecular complexity index is 173. The van der Waals surface area contributed by atoms with Crippen LogP contribution in [0, 0.1) is 5.92 Å². The molecule has 76 valence electrons. The first kappa shape index (κ1) is 10.6. The van der Waals surface area contributed by atoms with Gasteiger partial charge in [0, 0.05) is 19.0 Å². The molecule has 1 rings (SSSR count). The van der Waals surface area contributed by atoms with Crippen LogP contribution in [0.15, 0.2) is 4.99 Å². The van der Waals surface area contributed by atoms with Crippen molar-refractivity contribution in [3.8, 4) is 0 Å². The van der Waals surface area contributed by atoms with E-state index in [-0.39, 0.29) is 0 Å². The fourth-order valence-corrected chi connectivity index (χ4v) is 1.77. The molecule has 2 heteroatoms. The lowest BCUT2D eigenvalue weighted by Gasteiger charge is -2.24. The highest BCUT2D eigenvalue weighted by molar-refractivity contribution is 5.82. The van der Waals surface area contributed by atoms with Crippen LogP contribution in [0.25, 0.3) is 0 Å². The summed E-state index contributed by atoms with van der Waals surface area (Å²) >= 11 is 0. The Morgan fingerprint density at radius 2 is 2.15 bits per heavy atom. The fraction of sp³-hybridized carbons (Fsp3) is 0.909. The van der Waals surface area contributed by atoms with Crippen molar-refractivity contribution in [2.45, 2.75) is 52.5 Å². The average molecular weight is 182 g/mol. The Labute approximate surface area is 81.8 Å². The summed E-state index contributed by atoms with van der Waals surface area (Å²) in [5, 5.41) is 3.56. The maximum Gasteiger partial charge on any atom is 0.0965 e. The lowest BCUT2D eigenvalue weighted by molar-refractivity contribution is 0.436. The van der Waals surface area contributed by atoms with Gasteiger partial charge in [0.1, 0.15) is 0 Å². The van der Waals surface area contributed by atoms with Gasteiger partial charge in [-0.3, -0.25) is 4.99 Å². The molecule has 1 heterocycles. The minimum absolute atomic E-state index is 0.608. The first-order valence-corrected chi connectivity index (χ1v) is 5.54. The van der Waals surface area contributed by atoms with E-state index in [2.05, 4.69) is 31.1 Å². The highest BCUT2D eigenvalue weighted by Crippen LogP contribution is 2.09. The number of hydrogen-bond donors (Lipinski definition) is 1. The van der Waals surface area contributed by atoms with Gasteiger partial charge >= 0.3 is 0 Å². The number of nitrogens with zero attached hydrogens (tertiary/aromatic N) is 1. The molecule has 0 aliphatic carbocycles. The van der Waals surface area contributed by atoms with Crippen LogP contribution in [0.3, 0.4) is 0 Å². The van der Waals surface area contributed by atoms with Crippen LogP contribution in [0.5, 0.6) is 0 Å². The summed E-state index contributed by atoms with van der Waals surface area (Å²) < 4.78 is 0. The van der Waals surface area contributed by atoms with Crippen LogP contribution in [0.4, 0.5) is 0 Å². The molecule has 1 unspecified atom stereocenters. The predicted octanol–water partition coefficient (Wildman–Crippen LogP) is 2.59. The Morgan fingerprint density at radius 3 is 2.62 bits per heavy atom. The van der Waals surface area contributed by atoms with E-state index in [4.69, 9.17) is 0 Å². The second-order valence-electron chi connectivity index (χ2n) is 4.19. The zero-order chi connectivity index (χ0) is 9.68. The molecule has 0 aromatic rings. The molecule has 0 radical (unpaired) electrons. The van der Waals surface area contributed by atoms with E-state index in [0.29, 0.717) is 12.0 Å². The van der Waals surface area contributed by atoms with Crippen molar-refractivity contribution in [2.24, 2.45) is 10.9 Å². The molecule has 0 amide bonds. The summed E-state index contributed by atoms with van der Waals surface area (Å²) in [5.41, 5.74) is 0. The van der Waals surface area contributed by atoms with Crippen LogP contribution in [-0.2, 0) is 0 Å². The van der Waals surface area contributed by atoms with Crippen molar-refractivity contribution >= 4 is 5.84 Å². The largest absolute Gasteiger partial charge is 0.371 e. The van der Waals surface area contributed by atoms with Crippen molar-refractivity contribution < 1.29 is 0 Å². The van der Waals surface area contributed by atoms with Crippen molar-refractivity contribution in [3.05, 3.63) is 0 Å². The van der Waals surface area contributed by atoms with Gasteiger partial charge in [0.15, 0.2) is 0 Å². The number of aliphatic imine (C=N–C) groups is 1. The zero-order valence-electron chi connectivity index (χ0n) is 9.14. The standard InChI is InChI=1S/C11H22N2/c1-4-10(9(2)3)13-11-7-5-6-8-12-11/h9-10H,4-8H2,1-3H3,(H,12,13). The summed E-state index contributed by atoms with van der Waals surface area (Å²) in [7, 11) is 0. The smallest absolute Gasteiger partial charge is 0.0965 e. The number of amidine groups is 1. The Hall–Kier alpha value is -0.530. The quantitative estimate of drug-likeness (QED) is 0.713. The summed E-state index contributed by atoms with van der Waals surface area (Å²) in [6.45, 7) is 7.80. The Balaban J connectivity index is 2.40. The molecule has 0 saturated heterocycles. The molecule has 0 aromatic carbocycles. The monoisotopic (exact) mass is 182 g/mol. The van der Waals surface area contributed by atoms with E-state index in [9.17, 15) is 0 Å². The number of hydrogen-bond acceptors (Lipinski definition) is 2. The molecular weight excluding hydrogens is 160 g/mol. The van der Waals surface area contributed by atoms with Crippen LogP contribution in [-0.4, -0.2) is 18.4 Å². The molecule has 2 nitrogen and oxygen atoms in total. The van der Waals surface area contributed by atoms with Gasteiger partial charge in [0.25, 0.3) is 0 Å². The lowest BCUT2D eigenvalue weighted by Crippen LogP contribution is -2.38. The number of nitrogens with one attached hydrogen (secondary N) is 1. The third kappa shape index (κ3) is 3.37. The first-order valence-electron chi connectivity index (χ1n) is 5.54. The highest BCUT2D eigenvalue weighted by atomic mass is 15.0. The minimum atomic E-state index is 0.608. The first-order chi connectivity index (χ1) is 6.24. The van der Waals surface area contributed by atoms with Crippen molar-refractivity contribution in [1.82, 2.24) is 5.32 Å². The van der Waals surface area contributed by atoms with Gasteiger partial charge in [-0.25, -0.2) is 0 Å². The topological polar surface area (TPSA) is 24.4 Å². The molecule has 0 fully saturated rings. The molecular formula is C11H22N2. The van der Waals surface area contributed by atoms with E-state index in [0.717, 1.165) is 13.0 Å². The second kappa shape index (κ2) is 5.25. The summed E-state index contributed by atoms with van der Waals surface area (Å²) in [4.78, 5) is 4.51. The van der Waals surface area contributed by atoms with Crippen molar-refractivity contribution in [1.29, 1.82) is 0 Å². The molecule has 1 aliphatic rings. The van der Waals surface area contributed by atoms with E-state index >= 15 is 0 Å². The second-order valence-corrected chi connectivity index (χ2v) is 4.19. The Morgan fingerprint density at radius 1 is 1.38 bits per heavy atom. The van der Waals surface area contributed by atoms with E-state index < -0.39 is 0 Å². The molecule has 0 aromatic heterocycles. The van der Waals surface area contributed by atoms with Gasteiger partial charge in [-0.05, 0) is 25.2 Å². The van der Waals surface area contributed by atoms with E-state index in [1.54, 1.807) is 0 Å². The maximum atomic E-state index is 4.51. The maximum absolute atomic E-state index is 4.51. The van der Waals surface area contributed by atoms with Crippen LogP contribution >= 0.6 is 0 Å².